The number of nitrogens with zero attached hydrogens (tertiary/aromatic N) is 4. The van der Waals surface area contributed by atoms with E-state index in [1.165, 1.54) is 10.4 Å². The molecule has 8 heteroatoms. The van der Waals surface area contributed by atoms with Gasteiger partial charge in [0.05, 0.1) is 11.1 Å². The number of likely N-dealkylation sites (N-methyl/N-ethyl adjacent to an activating group) is 2. The lowest BCUT2D eigenvalue weighted by Crippen LogP contribution is -2.31. The average Bonchev–Trinajstić information content (AvgIpc) is 3.10. The number of anilines is 1. The summed E-state index contributed by atoms with van der Waals surface area (Å²) in [5.41, 5.74) is 1.94. The Labute approximate surface area is 186 Å². The smallest absolute Gasteiger partial charge is 0.268 e. The average molecular weight is 446 g/mol. The zero-order valence-corrected chi connectivity index (χ0v) is 19.3. The molecule has 3 heterocycles. The second-order valence-corrected chi connectivity index (χ2v) is 9.20. The van der Waals surface area contributed by atoms with Crippen LogP contribution in [0.25, 0.3) is 15.9 Å². The minimum Gasteiger partial charge on any atom is -0.354 e. The van der Waals surface area contributed by atoms with E-state index in [-0.39, 0.29) is 5.56 Å². The second kappa shape index (κ2) is 9.06. The largest absolute Gasteiger partial charge is 0.354 e. The molecular weight excluding hydrogens is 418 g/mol. The van der Waals surface area contributed by atoms with Crippen LogP contribution >= 0.6 is 22.9 Å². The van der Waals surface area contributed by atoms with Crippen molar-refractivity contribution >= 4 is 39.1 Å². The second-order valence-electron chi connectivity index (χ2n) is 7.68. The van der Waals surface area contributed by atoms with Crippen molar-refractivity contribution in [1.82, 2.24) is 19.4 Å². The van der Waals surface area contributed by atoms with E-state index >= 15 is 0 Å². The molecule has 4 rings (SSSR count). The van der Waals surface area contributed by atoms with E-state index in [1.54, 1.807) is 15.9 Å². The highest BCUT2D eigenvalue weighted by molar-refractivity contribution is 7.18. The summed E-state index contributed by atoms with van der Waals surface area (Å²) in [7, 11) is 2.12. The maximum Gasteiger partial charge on any atom is 0.268 e. The summed E-state index contributed by atoms with van der Waals surface area (Å²) < 4.78 is 1.70. The number of aromatic nitrogens is 2. The Morgan fingerprint density at radius 2 is 1.97 bits per heavy atom. The van der Waals surface area contributed by atoms with E-state index in [2.05, 4.69) is 36.0 Å². The molecule has 160 valence electrons. The Bertz CT molecular complexity index is 1090. The number of halogens is 1. The molecule has 30 heavy (non-hydrogen) atoms. The fourth-order valence-electron chi connectivity index (χ4n) is 3.98. The minimum absolute atomic E-state index is 0.00489. The Kier molecular flexibility index (Phi) is 6.43. The topological polar surface area (TPSA) is 53.4 Å². The maximum atomic E-state index is 13.7. The number of nitrogens with one attached hydrogen (secondary N) is 1. The number of hydrogen-bond acceptors (Lipinski definition) is 6. The zero-order valence-electron chi connectivity index (χ0n) is 17.7. The highest BCUT2D eigenvalue weighted by Crippen LogP contribution is 2.33. The number of benzene rings is 1. The first kappa shape index (κ1) is 21.3. The molecule has 2 aromatic heterocycles. The molecule has 0 saturated heterocycles. The van der Waals surface area contributed by atoms with Crippen LogP contribution in [0.2, 0.25) is 5.02 Å². The molecule has 1 aliphatic heterocycles. The Hall–Kier alpha value is -1.93. The van der Waals surface area contributed by atoms with Gasteiger partial charge >= 0.3 is 0 Å². The van der Waals surface area contributed by atoms with Gasteiger partial charge in [0.15, 0.2) is 0 Å². The van der Waals surface area contributed by atoms with Crippen molar-refractivity contribution in [2.45, 2.75) is 26.8 Å². The SMILES string of the molecule is CCN(CC)CCNc1nc2sc3c(c2c(=O)n1-c1ccc(Cl)cc1)CCN(C)C3. The summed E-state index contributed by atoms with van der Waals surface area (Å²) in [6.45, 7) is 9.77. The monoisotopic (exact) mass is 445 g/mol. The number of fused-ring (bicyclic) bond motifs is 3. The molecule has 0 aliphatic carbocycles. The Morgan fingerprint density at radius 3 is 2.67 bits per heavy atom. The van der Waals surface area contributed by atoms with Crippen LogP contribution in [-0.2, 0) is 13.0 Å². The van der Waals surface area contributed by atoms with Gasteiger partial charge in [0, 0.05) is 36.1 Å². The maximum absolute atomic E-state index is 13.7. The van der Waals surface area contributed by atoms with Crippen LogP contribution < -0.4 is 10.9 Å². The van der Waals surface area contributed by atoms with E-state index in [0.29, 0.717) is 11.0 Å². The lowest BCUT2D eigenvalue weighted by Gasteiger charge is -2.22. The first-order valence-corrected chi connectivity index (χ1v) is 11.7. The van der Waals surface area contributed by atoms with Gasteiger partial charge in [-0.3, -0.25) is 4.79 Å². The van der Waals surface area contributed by atoms with Gasteiger partial charge in [-0.15, -0.1) is 11.3 Å². The van der Waals surface area contributed by atoms with Crippen LogP contribution in [0.3, 0.4) is 0 Å². The molecule has 1 aromatic carbocycles. The van der Waals surface area contributed by atoms with Gasteiger partial charge in [0.1, 0.15) is 4.83 Å². The third-order valence-corrected chi connectivity index (χ3v) is 7.12. The van der Waals surface area contributed by atoms with Crippen LogP contribution in [0.4, 0.5) is 5.95 Å². The molecule has 0 atom stereocenters. The van der Waals surface area contributed by atoms with Gasteiger partial charge in [0.2, 0.25) is 5.95 Å². The van der Waals surface area contributed by atoms with Crippen LogP contribution in [0.5, 0.6) is 0 Å². The molecule has 6 nitrogen and oxygen atoms in total. The molecule has 0 fully saturated rings. The molecular formula is C22H28ClN5OS. The van der Waals surface area contributed by atoms with E-state index in [1.807, 2.05) is 24.3 Å². The van der Waals surface area contributed by atoms with Crippen molar-refractivity contribution in [2.75, 3.05) is 45.1 Å². The highest BCUT2D eigenvalue weighted by atomic mass is 35.5. The van der Waals surface area contributed by atoms with E-state index in [4.69, 9.17) is 16.6 Å². The van der Waals surface area contributed by atoms with Crippen LogP contribution in [0, 0.1) is 0 Å². The quantitative estimate of drug-likeness (QED) is 0.598. The minimum atomic E-state index is -0.00489. The zero-order chi connectivity index (χ0) is 21.3. The number of hydrogen-bond donors (Lipinski definition) is 1. The van der Waals surface area contributed by atoms with Crippen molar-refractivity contribution in [2.24, 2.45) is 0 Å². The van der Waals surface area contributed by atoms with Crippen molar-refractivity contribution in [3.63, 3.8) is 0 Å². The predicted octanol–water partition coefficient (Wildman–Crippen LogP) is 3.84. The normalized spacial score (nSPS) is 14.4. The van der Waals surface area contributed by atoms with Crippen molar-refractivity contribution in [1.29, 1.82) is 0 Å². The van der Waals surface area contributed by atoms with E-state index in [9.17, 15) is 4.79 Å². The van der Waals surface area contributed by atoms with Gasteiger partial charge in [-0.1, -0.05) is 25.4 Å². The standard InChI is InChI=1S/C22H28ClN5OS/c1-4-27(5-2)13-11-24-22-25-20-19(17-10-12-26(3)14-18(17)30-20)21(29)28(22)16-8-6-15(23)7-9-16/h6-9H,4-5,10-14H2,1-3H3,(H,24,25). The fraction of sp³-hybridized carbons (Fsp3) is 0.455. The molecule has 0 unspecified atom stereocenters. The molecule has 0 spiro atoms. The van der Waals surface area contributed by atoms with Crippen molar-refractivity contribution < 1.29 is 0 Å². The van der Waals surface area contributed by atoms with Crippen LogP contribution in [-0.4, -0.2) is 59.1 Å². The Morgan fingerprint density at radius 1 is 1.23 bits per heavy atom. The number of rotatable bonds is 7. The molecule has 0 saturated carbocycles. The molecule has 0 bridgehead atoms. The predicted molar refractivity (Wildman–Crippen MR) is 127 cm³/mol. The molecule has 0 amide bonds. The molecule has 1 aliphatic rings. The lowest BCUT2D eigenvalue weighted by atomic mass is 10.1. The summed E-state index contributed by atoms with van der Waals surface area (Å²) in [5, 5.41) is 4.84. The Balaban J connectivity index is 1.80. The van der Waals surface area contributed by atoms with Crippen molar-refractivity contribution in [3.05, 3.63) is 50.1 Å². The number of thiophene rings is 1. The summed E-state index contributed by atoms with van der Waals surface area (Å²) in [6, 6.07) is 7.37. The third kappa shape index (κ3) is 4.12. The first-order chi connectivity index (χ1) is 14.5. The van der Waals surface area contributed by atoms with E-state index < -0.39 is 0 Å². The summed E-state index contributed by atoms with van der Waals surface area (Å²) >= 11 is 7.74. The first-order valence-electron chi connectivity index (χ1n) is 10.5. The highest BCUT2D eigenvalue weighted by Gasteiger charge is 2.24. The van der Waals surface area contributed by atoms with Crippen LogP contribution in [0.1, 0.15) is 24.3 Å². The molecule has 3 aromatic rings. The van der Waals surface area contributed by atoms with Gasteiger partial charge < -0.3 is 15.1 Å². The van der Waals surface area contributed by atoms with Gasteiger partial charge in [0.25, 0.3) is 5.56 Å². The summed E-state index contributed by atoms with van der Waals surface area (Å²) in [4.78, 5) is 25.3. The van der Waals surface area contributed by atoms with Gasteiger partial charge in [-0.2, -0.15) is 0 Å². The fourth-order valence-corrected chi connectivity index (χ4v) is 5.40. The molecule has 0 radical (unpaired) electrons. The van der Waals surface area contributed by atoms with Crippen molar-refractivity contribution in [3.8, 4) is 5.69 Å². The summed E-state index contributed by atoms with van der Waals surface area (Å²) in [6.07, 6.45) is 0.887. The van der Waals surface area contributed by atoms with Gasteiger partial charge in [-0.25, -0.2) is 9.55 Å². The van der Waals surface area contributed by atoms with Crippen LogP contribution in [0.15, 0.2) is 29.1 Å². The summed E-state index contributed by atoms with van der Waals surface area (Å²) in [5.74, 6) is 0.592. The lowest BCUT2D eigenvalue weighted by molar-refractivity contribution is 0.315. The molecule has 1 N–H and O–H groups in total. The van der Waals surface area contributed by atoms with E-state index in [0.717, 1.165) is 61.6 Å². The third-order valence-electron chi connectivity index (χ3n) is 5.76. The van der Waals surface area contributed by atoms with Gasteiger partial charge in [-0.05, 0) is 56.4 Å².